The Morgan fingerprint density at radius 3 is 2.63 bits per heavy atom. The van der Waals surface area contributed by atoms with Crippen molar-refractivity contribution >= 4 is 41.7 Å². The molecule has 27 heavy (non-hydrogen) atoms. The number of morpholine rings is 1. The van der Waals surface area contributed by atoms with Crippen LogP contribution in [-0.2, 0) is 10.5 Å². The molecule has 0 aromatic heterocycles. The van der Waals surface area contributed by atoms with Crippen molar-refractivity contribution in [3.05, 3.63) is 35.4 Å². The zero-order chi connectivity index (χ0) is 18.5. The summed E-state index contributed by atoms with van der Waals surface area (Å²) >= 11 is 1.96. The quantitative estimate of drug-likeness (QED) is 0.221. The number of benzene rings is 1. The van der Waals surface area contributed by atoms with Crippen molar-refractivity contribution in [1.82, 2.24) is 15.5 Å². The third-order valence-corrected chi connectivity index (χ3v) is 5.31. The average Bonchev–Trinajstić information content (AvgIpc) is 2.67. The highest BCUT2D eigenvalue weighted by Gasteiger charge is 2.08. The van der Waals surface area contributed by atoms with Gasteiger partial charge in [0.25, 0.3) is 0 Å². The number of nitrogens with zero attached hydrogens (tertiary/aromatic N) is 2. The van der Waals surface area contributed by atoms with Gasteiger partial charge in [0.1, 0.15) is 0 Å². The number of nitrogens with one attached hydrogen (secondary N) is 2. The van der Waals surface area contributed by atoms with E-state index in [0.29, 0.717) is 0 Å². The first kappa shape index (κ1) is 24.5. The predicted octanol–water partition coefficient (Wildman–Crippen LogP) is 3.12. The molecule has 154 valence electrons. The van der Waals surface area contributed by atoms with Gasteiger partial charge in [-0.1, -0.05) is 29.8 Å². The van der Waals surface area contributed by atoms with Gasteiger partial charge in [0, 0.05) is 50.8 Å². The lowest BCUT2D eigenvalue weighted by atomic mass is 10.2. The number of aryl methyl sites for hydroxylation is 1. The number of ether oxygens (including phenoxy) is 1. The van der Waals surface area contributed by atoms with Gasteiger partial charge in [0.05, 0.1) is 13.2 Å². The van der Waals surface area contributed by atoms with Crippen LogP contribution in [0.3, 0.4) is 0 Å². The molecule has 1 heterocycles. The minimum absolute atomic E-state index is 0. The van der Waals surface area contributed by atoms with Crippen LogP contribution in [0.1, 0.15) is 24.5 Å². The molecule has 1 fully saturated rings. The van der Waals surface area contributed by atoms with Crippen molar-refractivity contribution < 1.29 is 4.74 Å². The van der Waals surface area contributed by atoms with E-state index in [1.807, 2.05) is 11.8 Å². The van der Waals surface area contributed by atoms with Crippen LogP contribution in [-0.4, -0.2) is 69.1 Å². The van der Waals surface area contributed by atoms with Crippen LogP contribution < -0.4 is 10.6 Å². The maximum Gasteiger partial charge on any atom is 0.191 e. The number of hydrogen-bond acceptors (Lipinski definition) is 4. The summed E-state index contributed by atoms with van der Waals surface area (Å²) in [6.45, 7) is 11.9. The molecule has 2 N–H and O–H groups in total. The van der Waals surface area contributed by atoms with Gasteiger partial charge in [0.15, 0.2) is 5.96 Å². The first-order valence-corrected chi connectivity index (χ1v) is 10.9. The fraction of sp³-hybridized carbons (Fsp3) is 0.650. The summed E-state index contributed by atoms with van der Waals surface area (Å²) in [5, 5.41) is 6.77. The molecular formula is C20H35IN4OS. The van der Waals surface area contributed by atoms with E-state index < -0.39 is 0 Å². The van der Waals surface area contributed by atoms with E-state index in [9.17, 15) is 0 Å². The second kappa shape index (κ2) is 15.4. The van der Waals surface area contributed by atoms with Crippen LogP contribution in [0.2, 0.25) is 0 Å². The van der Waals surface area contributed by atoms with Crippen molar-refractivity contribution in [2.24, 2.45) is 4.99 Å². The summed E-state index contributed by atoms with van der Waals surface area (Å²) in [6, 6.07) is 8.80. The zero-order valence-corrected chi connectivity index (χ0v) is 19.9. The summed E-state index contributed by atoms with van der Waals surface area (Å²) in [5.74, 6) is 3.08. The van der Waals surface area contributed by atoms with Crippen LogP contribution >= 0.6 is 35.7 Å². The molecule has 2 rings (SSSR count). The van der Waals surface area contributed by atoms with E-state index in [4.69, 9.17) is 9.73 Å². The normalized spacial score (nSPS) is 15.3. The predicted molar refractivity (Wildman–Crippen MR) is 129 cm³/mol. The Balaban J connectivity index is 0.00000364. The Hall–Kier alpha value is -0.510. The average molecular weight is 506 g/mol. The molecule has 1 aliphatic rings. The fourth-order valence-electron chi connectivity index (χ4n) is 2.77. The number of rotatable bonds is 10. The summed E-state index contributed by atoms with van der Waals surface area (Å²) in [4.78, 5) is 7.15. The van der Waals surface area contributed by atoms with Gasteiger partial charge in [-0.25, -0.2) is 0 Å². The number of hydrogen-bond donors (Lipinski definition) is 2. The fourth-order valence-corrected chi connectivity index (χ4v) is 3.59. The molecule has 0 amide bonds. The number of guanidine groups is 1. The lowest BCUT2D eigenvalue weighted by Gasteiger charge is -2.26. The molecular weight excluding hydrogens is 471 g/mol. The molecule has 0 atom stereocenters. The number of halogens is 1. The van der Waals surface area contributed by atoms with E-state index in [2.05, 4.69) is 53.6 Å². The second-order valence-electron chi connectivity index (χ2n) is 6.53. The molecule has 0 aliphatic carbocycles. The first-order chi connectivity index (χ1) is 12.8. The Bertz CT molecular complexity index is 521. The standard InChI is InChI=1S/C20H34N4OS.HI/c1-3-21-20(22-9-4-11-24-12-14-25-15-13-24)23-10-16-26-17-19-7-5-18(2)6-8-19;/h5-8H,3-4,9-17H2,1-2H3,(H2,21,22,23);1H. The molecule has 1 aliphatic heterocycles. The van der Waals surface area contributed by atoms with Crippen molar-refractivity contribution in [1.29, 1.82) is 0 Å². The Morgan fingerprint density at radius 2 is 1.93 bits per heavy atom. The van der Waals surface area contributed by atoms with Crippen LogP contribution in [0.5, 0.6) is 0 Å². The zero-order valence-electron chi connectivity index (χ0n) is 16.7. The van der Waals surface area contributed by atoms with Crippen molar-refractivity contribution in [2.75, 3.05) is 58.2 Å². The van der Waals surface area contributed by atoms with E-state index in [1.165, 1.54) is 11.1 Å². The van der Waals surface area contributed by atoms with Gasteiger partial charge < -0.3 is 15.4 Å². The Kier molecular flexibility index (Phi) is 14.0. The third-order valence-electron chi connectivity index (χ3n) is 4.28. The summed E-state index contributed by atoms with van der Waals surface area (Å²) in [7, 11) is 0. The summed E-state index contributed by atoms with van der Waals surface area (Å²) in [5.41, 5.74) is 2.71. The van der Waals surface area contributed by atoms with Crippen molar-refractivity contribution in [3.63, 3.8) is 0 Å². The maximum absolute atomic E-state index is 5.38. The Morgan fingerprint density at radius 1 is 1.19 bits per heavy atom. The third kappa shape index (κ3) is 11.2. The van der Waals surface area contributed by atoms with Gasteiger partial charge in [0.2, 0.25) is 0 Å². The smallest absolute Gasteiger partial charge is 0.191 e. The highest BCUT2D eigenvalue weighted by molar-refractivity contribution is 14.0. The van der Waals surface area contributed by atoms with Gasteiger partial charge >= 0.3 is 0 Å². The highest BCUT2D eigenvalue weighted by atomic mass is 127. The summed E-state index contributed by atoms with van der Waals surface area (Å²) in [6.07, 6.45) is 1.10. The number of thioether (sulfide) groups is 1. The molecule has 1 aromatic carbocycles. The molecule has 1 aromatic rings. The summed E-state index contributed by atoms with van der Waals surface area (Å²) < 4.78 is 5.38. The minimum atomic E-state index is 0. The largest absolute Gasteiger partial charge is 0.379 e. The lowest BCUT2D eigenvalue weighted by molar-refractivity contribution is 0.0377. The Labute approximate surface area is 186 Å². The van der Waals surface area contributed by atoms with Crippen LogP contribution in [0.25, 0.3) is 0 Å². The molecule has 0 unspecified atom stereocenters. The van der Waals surface area contributed by atoms with E-state index in [0.717, 1.165) is 76.4 Å². The SMILES string of the molecule is CCNC(=NCCCN1CCOCC1)NCCSCc1ccc(C)cc1.I. The van der Waals surface area contributed by atoms with Crippen LogP contribution in [0.4, 0.5) is 0 Å². The molecule has 0 saturated carbocycles. The molecule has 0 bridgehead atoms. The van der Waals surface area contributed by atoms with Crippen molar-refractivity contribution in [2.45, 2.75) is 26.0 Å². The topological polar surface area (TPSA) is 48.9 Å². The second-order valence-corrected chi connectivity index (χ2v) is 7.64. The van der Waals surface area contributed by atoms with Crippen LogP contribution in [0.15, 0.2) is 29.3 Å². The van der Waals surface area contributed by atoms with Crippen molar-refractivity contribution in [3.8, 4) is 0 Å². The molecule has 7 heteroatoms. The monoisotopic (exact) mass is 506 g/mol. The van der Waals surface area contributed by atoms with Gasteiger partial charge in [-0.05, 0) is 25.8 Å². The van der Waals surface area contributed by atoms with Gasteiger partial charge in [-0.3, -0.25) is 9.89 Å². The lowest BCUT2D eigenvalue weighted by Crippen LogP contribution is -2.39. The molecule has 5 nitrogen and oxygen atoms in total. The molecule has 0 spiro atoms. The molecule has 1 saturated heterocycles. The minimum Gasteiger partial charge on any atom is -0.379 e. The number of aliphatic imine (C=N–C) groups is 1. The van der Waals surface area contributed by atoms with Gasteiger partial charge in [-0.2, -0.15) is 11.8 Å². The van der Waals surface area contributed by atoms with E-state index in [1.54, 1.807) is 0 Å². The first-order valence-electron chi connectivity index (χ1n) is 9.73. The maximum atomic E-state index is 5.38. The highest BCUT2D eigenvalue weighted by Crippen LogP contribution is 2.12. The van der Waals surface area contributed by atoms with E-state index >= 15 is 0 Å². The molecule has 0 radical (unpaired) electrons. The van der Waals surface area contributed by atoms with Gasteiger partial charge in [-0.15, -0.1) is 24.0 Å². The van der Waals surface area contributed by atoms with Crippen LogP contribution in [0, 0.1) is 6.92 Å². The van der Waals surface area contributed by atoms with E-state index in [-0.39, 0.29) is 24.0 Å².